The molecule has 0 bridgehead atoms. The van der Waals surface area contributed by atoms with Crippen molar-refractivity contribution in [1.29, 1.82) is 0 Å². The molecule has 0 aliphatic rings. The average molecular weight is 322 g/mol. The van der Waals surface area contributed by atoms with E-state index >= 15 is 0 Å². The Morgan fingerprint density at radius 3 is 2.86 bits per heavy atom. The quantitative estimate of drug-likeness (QED) is 0.820. The number of hydrogen-bond acceptors (Lipinski definition) is 4. The molecular weight excluding hydrogens is 303 g/mol. The number of amides is 1. The van der Waals surface area contributed by atoms with E-state index in [2.05, 4.69) is 10.1 Å². The summed E-state index contributed by atoms with van der Waals surface area (Å²) < 4.78 is 14.8. The molecule has 0 saturated carbocycles. The van der Waals surface area contributed by atoms with E-state index in [1.165, 1.54) is 12.3 Å². The van der Waals surface area contributed by atoms with E-state index in [0.717, 1.165) is 23.3 Å². The SMILES string of the molecule is CCN(C(=O)CCSC)c1cn(-c2cncc(F)c2)nc1C. The van der Waals surface area contributed by atoms with Crippen molar-refractivity contribution in [2.75, 3.05) is 23.5 Å². The molecule has 0 atom stereocenters. The minimum absolute atomic E-state index is 0.0665. The van der Waals surface area contributed by atoms with Crippen LogP contribution in [0.1, 0.15) is 19.0 Å². The van der Waals surface area contributed by atoms with Crippen LogP contribution in [0.2, 0.25) is 0 Å². The number of halogens is 1. The predicted octanol–water partition coefficient (Wildman–Crippen LogP) is 2.82. The van der Waals surface area contributed by atoms with Gasteiger partial charge in [0.25, 0.3) is 0 Å². The molecule has 1 amide bonds. The van der Waals surface area contributed by atoms with Gasteiger partial charge in [-0.3, -0.25) is 9.78 Å². The summed E-state index contributed by atoms with van der Waals surface area (Å²) in [5.41, 5.74) is 2.00. The largest absolute Gasteiger partial charge is 0.310 e. The van der Waals surface area contributed by atoms with Crippen LogP contribution in [0.15, 0.2) is 24.7 Å². The van der Waals surface area contributed by atoms with Gasteiger partial charge in [0.2, 0.25) is 5.91 Å². The van der Waals surface area contributed by atoms with Crippen LogP contribution < -0.4 is 4.90 Å². The maximum Gasteiger partial charge on any atom is 0.227 e. The van der Waals surface area contributed by atoms with Gasteiger partial charge in [-0.05, 0) is 20.1 Å². The zero-order valence-electron chi connectivity index (χ0n) is 12.9. The highest BCUT2D eigenvalue weighted by atomic mass is 32.2. The Morgan fingerprint density at radius 2 is 2.23 bits per heavy atom. The summed E-state index contributed by atoms with van der Waals surface area (Å²) in [6, 6.07) is 1.36. The number of hydrogen-bond donors (Lipinski definition) is 0. The topological polar surface area (TPSA) is 51.0 Å². The Hall–Kier alpha value is -1.89. The van der Waals surface area contributed by atoms with Crippen molar-refractivity contribution in [3.8, 4) is 5.69 Å². The normalized spacial score (nSPS) is 10.7. The van der Waals surface area contributed by atoms with Gasteiger partial charge in [0.1, 0.15) is 5.82 Å². The van der Waals surface area contributed by atoms with Crippen molar-refractivity contribution in [3.63, 3.8) is 0 Å². The van der Waals surface area contributed by atoms with Gasteiger partial charge in [0, 0.05) is 24.8 Å². The molecule has 0 aliphatic heterocycles. The number of nitrogens with zero attached hydrogens (tertiary/aromatic N) is 4. The average Bonchev–Trinajstić information content (AvgIpc) is 2.88. The molecule has 118 valence electrons. The summed E-state index contributed by atoms with van der Waals surface area (Å²) in [5.74, 6) is 0.434. The number of carbonyl (C=O) groups excluding carboxylic acids is 1. The lowest BCUT2D eigenvalue weighted by atomic mass is 10.3. The highest BCUT2D eigenvalue weighted by molar-refractivity contribution is 7.98. The Morgan fingerprint density at radius 1 is 1.45 bits per heavy atom. The maximum absolute atomic E-state index is 13.3. The molecule has 0 aliphatic carbocycles. The van der Waals surface area contributed by atoms with Crippen molar-refractivity contribution in [3.05, 3.63) is 36.2 Å². The summed E-state index contributed by atoms with van der Waals surface area (Å²) >= 11 is 1.64. The van der Waals surface area contributed by atoms with Crippen molar-refractivity contribution in [1.82, 2.24) is 14.8 Å². The first-order chi connectivity index (χ1) is 10.6. The molecule has 5 nitrogen and oxygen atoms in total. The molecule has 2 heterocycles. The summed E-state index contributed by atoms with van der Waals surface area (Å²) in [7, 11) is 0. The maximum atomic E-state index is 13.3. The monoisotopic (exact) mass is 322 g/mol. The van der Waals surface area contributed by atoms with Gasteiger partial charge in [0.15, 0.2) is 0 Å². The molecule has 0 saturated heterocycles. The van der Waals surface area contributed by atoms with Crippen LogP contribution in [-0.4, -0.2) is 39.2 Å². The van der Waals surface area contributed by atoms with Crippen molar-refractivity contribution < 1.29 is 9.18 Å². The summed E-state index contributed by atoms with van der Waals surface area (Å²) in [4.78, 5) is 17.8. The molecule has 0 N–H and O–H groups in total. The van der Waals surface area contributed by atoms with Crippen LogP contribution >= 0.6 is 11.8 Å². The molecule has 0 fully saturated rings. The fourth-order valence-electron chi connectivity index (χ4n) is 2.18. The second-order valence-corrected chi connectivity index (χ2v) is 5.77. The molecule has 7 heteroatoms. The van der Waals surface area contributed by atoms with Crippen LogP contribution in [0.4, 0.5) is 10.1 Å². The molecule has 0 aromatic carbocycles. The molecule has 2 rings (SSSR count). The van der Waals surface area contributed by atoms with Gasteiger partial charge in [-0.2, -0.15) is 16.9 Å². The lowest BCUT2D eigenvalue weighted by Gasteiger charge is -2.19. The van der Waals surface area contributed by atoms with Crippen molar-refractivity contribution >= 4 is 23.4 Å². The van der Waals surface area contributed by atoms with Gasteiger partial charge in [-0.15, -0.1) is 0 Å². The first-order valence-electron chi connectivity index (χ1n) is 7.03. The number of carbonyl (C=O) groups is 1. The van der Waals surface area contributed by atoms with Crippen LogP contribution in [-0.2, 0) is 4.79 Å². The van der Waals surface area contributed by atoms with Crippen LogP contribution in [0.3, 0.4) is 0 Å². The second-order valence-electron chi connectivity index (χ2n) is 4.79. The van der Waals surface area contributed by atoms with E-state index in [0.29, 0.717) is 18.7 Å². The smallest absolute Gasteiger partial charge is 0.227 e. The van der Waals surface area contributed by atoms with E-state index in [9.17, 15) is 9.18 Å². The highest BCUT2D eigenvalue weighted by Gasteiger charge is 2.18. The zero-order chi connectivity index (χ0) is 16.1. The van der Waals surface area contributed by atoms with Crippen LogP contribution in [0.25, 0.3) is 5.69 Å². The Kier molecular flexibility index (Phi) is 5.54. The molecule has 2 aromatic heterocycles. The van der Waals surface area contributed by atoms with Gasteiger partial charge in [-0.25, -0.2) is 9.07 Å². The Balaban J connectivity index is 2.30. The molecular formula is C15H19FN4OS. The molecule has 0 unspecified atom stereocenters. The minimum atomic E-state index is -0.421. The van der Waals surface area contributed by atoms with E-state index in [1.807, 2.05) is 20.1 Å². The summed E-state index contributed by atoms with van der Waals surface area (Å²) in [6.07, 6.45) is 6.88. The second kappa shape index (κ2) is 7.40. The fraction of sp³-hybridized carbons (Fsp3) is 0.400. The van der Waals surface area contributed by atoms with E-state index < -0.39 is 5.82 Å². The van der Waals surface area contributed by atoms with Gasteiger partial charge >= 0.3 is 0 Å². The van der Waals surface area contributed by atoms with Gasteiger partial charge in [-0.1, -0.05) is 0 Å². The van der Waals surface area contributed by atoms with E-state index in [1.54, 1.807) is 27.5 Å². The van der Waals surface area contributed by atoms with Gasteiger partial charge < -0.3 is 4.90 Å². The number of aromatic nitrogens is 3. The van der Waals surface area contributed by atoms with E-state index in [4.69, 9.17) is 0 Å². The van der Waals surface area contributed by atoms with Gasteiger partial charge in [0.05, 0.1) is 35.7 Å². The number of pyridine rings is 1. The lowest BCUT2D eigenvalue weighted by molar-refractivity contribution is -0.118. The summed E-state index contributed by atoms with van der Waals surface area (Å²) in [6.45, 7) is 4.34. The predicted molar refractivity (Wildman–Crippen MR) is 87.1 cm³/mol. The van der Waals surface area contributed by atoms with Crippen molar-refractivity contribution in [2.45, 2.75) is 20.3 Å². The first kappa shape index (κ1) is 16.5. The zero-order valence-corrected chi connectivity index (χ0v) is 13.7. The molecule has 2 aromatic rings. The van der Waals surface area contributed by atoms with Crippen LogP contribution in [0.5, 0.6) is 0 Å². The molecule has 22 heavy (non-hydrogen) atoms. The first-order valence-corrected chi connectivity index (χ1v) is 8.42. The van der Waals surface area contributed by atoms with Crippen LogP contribution in [0, 0.1) is 12.7 Å². The third-order valence-corrected chi connectivity index (χ3v) is 3.87. The summed E-state index contributed by atoms with van der Waals surface area (Å²) in [5, 5.41) is 4.36. The third kappa shape index (κ3) is 3.65. The highest BCUT2D eigenvalue weighted by Crippen LogP contribution is 2.22. The molecule has 0 spiro atoms. The minimum Gasteiger partial charge on any atom is -0.310 e. The number of anilines is 1. The Labute approximate surface area is 133 Å². The number of thioether (sulfide) groups is 1. The number of aryl methyl sites for hydroxylation is 1. The fourth-order valence-corrected chi connectivity index (χ4v) is 2.56. The molecule has 0 radical (unpaired) electrons. The Bertz CT molecular complexity index is 659. The third-order valence-electron chi connectivity index (χ3n) is 3.26. The number of rotatable bonds is 6. The lowest BCUT2D eigenvalue weighted by Crippen LogP contribution is -2.31. The standard InChI is InChI=1S/C15H19FN4OS/c1-4-19(15(21)5-6-22-3)14-10-20(18-11(14)2)13-7-12(16)8-17-9-13/h7-10H,4-6H2,1-3H3. The van der Waals surface area contributed by atoms with E-state index in [-0.39, 0.29) is 5.91 Å². The van der Waals surface area contributed by atoms with Crippen molar-refractivity contribution in [2.24, 2.45) is 0 Å².